The monoisotopic (exact) mass is 396 g/mol. The zero-order chi connectivity index (χ0) is 18.6. The Bertz CT molecular complexity index is 896. The van der Waals surface area contributed by atoms with Crippen molar-refractivity contribution in [2.24, 2.45) is 0 Å². The van der Waals surface area contributed by atoms with Crippen molar-refractivity contribution in [3.05, 3.63) is 64.7 Å². The summed E-state index contributed by atoms with van der Waals surface area (Å²) in [5, 5.41) is 1.23. The number of rotatable bonds is 5. The molecule has 4 rings (SSSR count). The molecule has 1 aliphatic heterocycles. The molecule has 1 saturated heterocycles. The summed E-state index contributed by atoms with van der Waals surface area (Å²) < 4.78 is 1.26. The molecule has 1 fully saturated rings. The van der Waals surface area contributed by atoms with Gasteiger partial charge in [0, 0.05) is 24.8 Å². The number of thioether (sulfide) groups is 1. The van der Waals surface area contributed by atoms with Crippen LogP contribution in [-0.4, -0.2) is 34.6 Å². The molecule has 1 aliphatic rings. The predicted octanol–water partition coefficient (Wildman–Crippen LogP) is 5.24. The van der Waals surface area contributed by atoms with Crippen LogP contribution in [0.25, 0.3) is 10.2 Å². The standard InChI is InChI=1S/C22H24N2OS2/c1-16-5-4-6-17(13-16)14-26-15-21(25)24-11-9-18(10-12-24)22-23-19-7-2-3-8-20(19)27-22/h2-8,13,18H,9-12,14-15H2,1H3. The molecule has 3 nitrogen and oxygen atoms in total. The Labute approximate surface area is 168 Å². The molecule has 0 atom stereocenters. The lowest BCUT2D eigenvalue weighted by molar-refractivity contribution is -0.129. The molecular weight excluding hydrogens is 372 g/mol. The number of carbonyl (C=O) groups is 1. The van der Waals surface area contributed by atoms with Crippen molar-refractivity contribution < 1.29 is 4.79 Å². The second-order valence-corrected chi connectivity index (χ2v) is 9.20. The van der Waals surface area contributed by atoms with Gasteiger partial charge < -0.3 is 4.90 Å². The highest BCUT2D eigenvalue weighted by Gasteiger charge is 2.25. The first-order valence-electron chi connectivity index (χ1n) is 9.45. The van der Waals surface area contributed by atoms with Crippen LogP contribution in [0.1, 0.15) is 34.9 Å². The highest BCUT2D eigenvalue weighted by molar-refractivity contribution is 7.99. The first-order chi connectivity index (χ1) is 13.2. The first kappa shape index (κ1) is 18.5. The van der Waals surface area contributed by atoms with Crippen LogP contribution in [0, 0.1) is 6.92 Å². The highest BCUT2D eigenvalue weighted by atomic mass is 32.2. The number of hydrogen-bond donors (Lipinski definition) is 0. The van der Waals surface area contributed by atoms with E-state index in [1.54, 1.807) is 11.8 Å². The number of thiazole rings is 1. The molecule has 0 unspecified atom stereocenters. The van der Waals surface area contributed by atoms with Gasteiger partial charge in [-0.3, -0.25) is 4.79 Å². The summed E-state index contributed by atoms with van der Waals surface area (Å²) in [6.45, 7) is 3.81. The Morgan fingerprint density at radius 3 is 2.78 bits per heavy atom. The topological polar surface area (TPSA) is 33.2 Å². The maximum Gasteiger partial charge on any atom is 0.232 e. The van der Waals surface area contributed by atoms with Crippen molar-refractivity contribution in [3.8, 4) is 0 Å². The van der Waals surface area contributed by atoms with E-state index < -0.39 is 0 Å². The lowest BCUT2D eigenvalue weighted by Crippen LogP contribution is -2.38. The third-order valence-corrected chi connectivity index (χ3v) is 7.27. The molecule has 0 bridgehead atoms. The first-order valence-corrected chi connectivity index (χ1v) is 11.4. The minimum absolute atomic E-state index is 0.274. The Morgan fingerprint density at radius 1 is 1.19 bits per heavy atom. The van der Waals surface area contributed by atoms with Crippen LogP contribution in [0.4, 0.5) is 0 Å². The number of nitrogens with zero attached hydrogens (tertiary/aromatic N) is 2. The number of piperidine rings is 1. The number of amides is 1. The average Bonchev–Trinajstić information content (AvgIpc) is 3.12. The van der Waals surface area contributed by atoms with E-state index in [9.17, 15) is 4.79 Å². The normalized spacial score (nSPS) is 15.4. The zero-order valence-corrected chi connectivity index (χ0v) is 17.2. The lowest BCUT2D eigenvalue weighted by Gasteiger charge is -2.31. The van der Waals surface area contributed by atoms with Crippen molar-refractivity contribution in [3.63, 3.8) is 0 Å². The molecule has 0 saturated carbocycles. The predicted molar refractivity (Wildman–Crippen MR) is 116 cm³/mol. The van der Waals surface area contributed by atoms with Gasteiger partial charge in [-0.15, -0.1) is 23.1 Å². The molecule has 27 heavy (non-hydrogen) atoms. The largest absolute Gasteiger partial charge is 0.342 e. The lowest BCUT2D eigenvalue weighted by atomic mass is 9.97. The van der Waals surface area contributed by atoms with Crippen molar-refractivity contribution in [1.29, 1.82) is 0 Å². The van der Waals surface area contributed by atoms with Crippen LogP contribution in [0.2, 0.25) is 0 Å². The zero-order valence-electron chi connectivity index (χ0n) is 15.6. The van der Waals surface area contributed by atoms with Gasteiger partial charge in [0.25, 0.3) is 0 Å². The molecule has 0 aliphatic carbocycles. The molecule has 1 amide bonds. The van der Waals surface area contributed by atoms with E-state index in [-0.39, 0.29) is 5.91 Å². The van der Waals surface area contributed by atoms with Gasteiger partial charge in [-0.25, -0.2) is 4.98 Å². The van der Waals surface area contributed by atoms with Gasteiger partial charge in [-0.1, -0.05) is 42.0 Å². The minimum Gasteiger partial charge on any atom is -0.342 e. The van der Waals surface area contributed by atoms with Crippen LogP contribution in [0.5, 0.6) is 0 Å². The minimum atomic E-state index is 0.274. The summed E-state index contributed by atoms with van der Waals surface area (Å²) in [4.78, 5) is 19.4. The molecule has 2 aromatic carbocycles. The van der Waals surface area contributed by atoms with Crippen molar-refractivity contribution in [2.75, 3.05) is 18.8 Å². The summed E-state index contributed by atoms with van der Waals surface area (Å²) >= 11 is 3.52. The molecular formula is C22H24N2OS2. The molecule has 0 spiro atoms. The number of para-hydroxylation sites is 1. The molecule has 3 aromatic rings. The van der Waals surface area contributed by atoms with Gasteiger partial charge in [-0.2, -0.15) is 0 Å². The van der Waals surface area contributed by atoms with Crippen molar-refractivity contribution in [1.82, 2.24) is 9.88 Å². The maximum atomic E-state index is 12.5. The summed E-state index contributed by atoms with van der Waals surface area (Å²) in [5.41, 5.74) is 3.67. The molecule has 140 valence electrons. The van der Waals surface area contributed by atoms with Crippen LogP contribution in [0.3, 0.4) is 0 Å². The molecule has 1 aromatic heterocycles. The quantitative estimate of drug-likeness (QED) is 0.591. The van der Waals surface area contributed by atoms with Gasteiger partial charge in [0.1, 0.15) is 0 Å². The third kappa shape index (κ3) is 4.53. The van der Waals surface area contributed by atoms with E-state index >= 15 is 0 Å². The molecule has 2 heterocycles. The van der Waals surface area contributed by atoms with Crippen molar-refractivity contribution in [2.45, 2.75) is 31.4 Å². The molecule has 0 radical (unpaired) electrons. The molecule has 0 N–H and O–H groups in total. The molecule has 5 heteroatoms. The SMILES string of the molecule is Cc1cccc(CSCC(=O)N2CCC(c3nc4ccccc4s3)CC2)c1. The Morgan fingerprint density at radius 2 is 2.00 bits per heavy atom. The number of aromatic nitrogens is 1. The summed E-state index contributed by atoms with van der Waals surface area (Å²) in [6, 6.07) is 16.9. The second-order valence-electron chi connectivity index (χ2n) is 7.16. The van der Waals surface area contributed by atoms with Crippen molar-refractivity contribution >= 4 is 39.2 Å². The summed E-state index contributed by atoms with van der Waals surface area (Å²) in [5.74, 6) is 2.23. The van der Waals surface area contributed by atoms with E-state index in [0.717, 1.165) is 37.2 Å². The van der Waals surface area contributed by atoms with Crippen LogP contribution >= 0.6 is 23.1 Å². The summed E-state index contributed by atoms with van der Waals surface area (Å²) in [6.07, 6.45) is 2.04. The van der Waals surface area contributed by atoms with E-state index in [0.29, 0.717) is 11.7 Å². The summed E-state index contributed by atoms with van der Waals surface area (Å²) in [7, 11) is 0. The number of likely N-dealkylation sites (tertiary alicyclic amines) is 1. The van der Waals surface area contributed by atoms with E-state index in [1.165, 1.54) is 20.8 Å². The van der Waals surface area contributed by atoms with E-state index in [4.69, 9.17) is 4.98 Å². The number of fused-ring (bicyclic) bond motifs is 1. The van der Waals surface area contributed by atoms with Gasteiger partial charge in [-0.05, 0) is 37.5 Å². The average molecular weight is 397 g/mol. The van der Waals surface area contributed by atoms with E-state index in [1.807, 2.05) is 22.3 Å². The number of hydrogen-bond acceptors (Lipinski definition) is 4. The fraction of sp³-hybridized carbons (Fsp3) is 0.364. The van der Waals surface area contributed by atoms with Gasteiger partial charge in [0.2, 0.25) is 5.91 Å². The van der Waals surface area contributed by atoms with Crippen LogP contribution < -0.4 is 0 Å². The van der Waals surface area contributed by atoms with Gasteiger partial charge in [0.05, 0.1) is 21.0 Å². The maximum absolute atomic E-state index is 12.5. The van der Waals surface area contributed by atoms with Crippen LogP contribution in [0.15, 0.2) is 48.5 Å². The number of benzene rings is 2. The Balaban J connectivity index is 1.26. The van der Waals surface area contributed by atoms with E-state index in [2.05, 4.69) is 49.4 Å². The fourth-order valence-electron chi connectivity index (χ4n) is 3.59. The second kappa shape index (κ2) is 8.44. The van der Waals surface area contributed by atoms with Crippen LogP contribution in [-0.2, 0) is 10.5 Å². The van der Waals surface area contributed by atoms with Gasteiger partial charge in [0.15, 0.2) is 0 Å². The third-order valence-electron chi connectivity index (χ3n) is 5.08. The Kier molecular flexibility index (Phi) is 5.79. The highest BCUT2D eigenvalue weighted by Crippen LogP contribution is 2.33. The fourth-order valence-corrected chi connectivity index (χ4v) is 5.60. The Hall–Kier alpha value is -1.85. The smallest absolute Gasteiger partial charge is 0.232 e. The number of carbonyl (C=O) groups excluding carboxylic acids is 1. The van der Waals surface area contributed by atoms with Gasteiger partial charge >= 0.3 is 0 Å². The number of aryl methyl sites for hydroxylation is 1.